The van der Waals surface area contributed by atoms with E-state index in [0.29, 0.717) is 18.2 Å². The van der Waals surface area contributed by atoms with E-state index >= 15 is 4.39 Å². The van der Waals surface area contributed by atoms with E-state index in [1.165, 1.54) is 42.6 Å². The van der Waals surface area contributed by atoms with Gasteiger partial charge in [-0.05, 0) is 72.5 Å². The number of nitrogens with zero attached hydrogens (tertiary/aromatic N) is 1. The Morgan fingerprint density at radius 3 is 2.10 bits per heavy atom. The number of rotatable bonds is 11. The number of pyridine rings is 1. The smallest absolute Gasteiger partial charge is 0.225 e. The van der Waals surface area contributed by atoms with Crippen molar-refractivity contribution in [3.05, 3.63) is 119 Å². The fourth-order valence-corrected chi connectivity index (χ4v) is 8.29. The zero-order valence-electron chi connectivity index (χ0n) is 25.6. The summed E-state index contributed by atoms with van der Waals surface area (Å²) in [6.45, 7) is 0.704. The summed E-state index contributed by atoms with van der Waals surface area (Å²) in [7, 11) is -7.74. The fraction of sp³-hybridized carbons (Fsp3) is 0.273. The van der Waals surface area contributed by atoms with Crippen molar-refractivity contribution in [1.29, 1.82) is 0 Å². The average Bonchev–Trinajstić information content (AvgIpc) is 3.03. The summed E-state index contributed by atoms with van der Waals surface area (Å²) in [6, 6.07) is 12.8. The molecule has 1 aliphatic rings. The molecule has 9 nitrogen and oxygen atoms in total. The molecule has 3 N–H and O–H groups in total. The van der Waals surface area contributed by atoms with Crippen LogP contribution in [-0.2, 0) is 30.9 Å². The minimum absolute atomic E-state index is 0.0251. The highest BCUT2D eigenvalue weighted by Crippen LogP contribution is 2.33. The van der Waals surface area contributed by atoms with Crippen molar-refractivity contribution in [2.24, 2.45) is 0 Å². The van der Waals surface area contributed by atoms with E-state index < -0.39 is 59.6 Å². The van der Waals surface area contributed by atoms with Gasteiger partial charge in [-0.1, -0.05) is 12.1 Å². The maximum atomic E-state index is 15.3. The molecule has 0 radical (unpaired) electrons. The number of sulfone groups is 2. The maximum Gasteiger partial charge on any atom is 0.225 e. The van der Waals surface area contributed by atoms with Gasteiger partial charge in [-0.25, -0.2) is 34.4 Å². The Balaban J connectivity index is 1.41. The average molecular weight is 705 g/mol. The van der Waals surface area contributed by atoms with Crippen molar-refractivity contribution in [3.63, 3.8) is 0 Å². The Hall–Kier alpha value is -4.18. The van der Waals surface area contributed by atoms with Crippen molar-refractivity contribution < 1.29 is 39.2 Å². The quantitative estimate of drug-likeness (QED) is 0.195. The lowest BCUT2D eigenvalue weighted by Crippen LogP contribution is -2.63. The van der Waals surface area contributed by atoms with Gasteiger partial charge in [-0.3, -0.25) is 15.1 Å². The largest absolute Gasteiger partial charge is 0.324 e. The predicted molar refractivity (Wildman–Crippen MR) is 171 cm³/mol. The van der Waals surface area contributed by atoms with Gasteiger partial charge in [-0.2, -0.15) is 0 Å². The minimum Gasteiger partial charge on any atom is -0.324 e. The minimum atomic E-state index is -4.17. The van der Waals surface area contributed by atoms with E-state index in [2.05, 4.69) is 20.9 Å². The molecule has 1 saturated heterocycles. The lowest BCUT2D eigenvalue weighted by atomic mass is 9.88. The molecule has 1 fully saturated rings. The summed E-state index contributed by atoms with van der Waals surface area (Å²) < 4.78 is 109. The molecule has 1 aromatic heterocycles. The first-order valence-corrected chi connectivity index (χ1v) is 18.2. The van der Waals surface area contributed by atoms with Crippen molar-refractivity contribution in [1.82, 2.24) is 15.6 Å². The molecule has 254 valence electrons. The Morgan fingerprint density at radius 2 is 1.50 bits per heavy atom. The third-order valence-corrected chi connectivity index (χ3v) is 11.8. The van der Waals surface area contributed by atoms with E-state index in [-0.39, 0.29) is 59.0 Å². The number of halogens is 4. The van der Waals surface area contributed by atoms with E-state index in [1.54, 1.807) is 0 Å². The molecule has 0 unspecified atom stereocenters. The Kier molecular flexibility index (Phi) is 10.3. The van der Waals surface area contributed by atoms with Gasteiger partial charge >= 0.3 is 0 Å². The van der Waals surface area contributed by atoms with Gasteiger partial charge in [0.2, 0.25) is 5.91 Å². The monoisotopic (exact) mass is 704 g/mol. The second-order valence-electron chi connectivity index (χ2n) is 11.6. The molecule has 1 aliphatic heterocycles. The second kappa shape index (κ2) is 14.1. The molecule has 0 aliphatic carbocycles. The molecule has 2 heterocycles. The van der Waals surface area contributed by atoms with Crippen LogP contribution < -0.4 is 16.0 Å². The highest BCUT2D eigenvalue weighted by atomic mass is 32.2. The lowest BCUT2D eigenvalue weighted by Gasteiger charge is -2.38. The third kappa shape index (κ3) is 7.75. The zero-order chi connectivity index (χ0) is 34.7. The van der Waals surface area contributed by atoms with Crippen LogP contribution in [-0.4, -0.2) is 58.5 Å². The second-order valence-corrected chi connectivity index (χ2v) is 15.8. The van der Waals surface area contributed by atoms with Gasteiger partial charge in [0.25, 0.3) is 0 Å². The molecule has 48 heavy (non-hydrogen) atoms. The molecule has 4 aromatic rings. The van der Waals surface area contributed by atoms with E-state index in [9.17, 15) is 34.8 Å². The van der Waals surface area contributed by atoms with Crippen molar-refractivity contribution in [2.45, 2.75) is 39.8 Å². The summed E-state index contributed by atoms with van der Waals surface area (Å²) in [5.74, 6) is -4.65. The molecular formula is C33H32F4N4O5S2. The number of anilines is 1. The normalized spacial score (nSPS) is 17.5. The van der Waals surface area contributed by atoms with Gasteiger partial charge in [0.15, 0.2) is 19.7 Å². The molecule has 1 amide bonds. The van der Waals surface area contributed by atoms with Crippen LogP contribution in [0.4, 0.5) is 23.2 Å². The van der Waals surface area contributed by atoms with Crippen LogP contribution in [0.25, 0.3) is 0 Å². The van der Waals surface area contributed by atoms with E-state index in [4.69, 9.17) is 0 Å². The number of piperazine rings is 1. The van der Waals surface area contributed by atoms with Gasteiger partial charge in [0.05, 0.1) is 27.9 Å². The van der Waals surface area contributed by atoms with Crippen LogP contribution in [0, 0.1) is 23.3 Å². The Morgan fingerprint density at radius 1 is 0.854 bits per heavy atom. The molecule has 0 saturated carbocycles. The number of nitrogens with one attached hydrogen (secondary N) is 3. The number of aromatic nitrogens is 1. The molecular weight excluding hydrogens is 673 g/mol. The lowest BCUT2D eigenvalue weighted by molar-refractivity contribution is -0.116. The standard InChI is InChI=1S/C33H32F4N4O5S2/c1-47(43,44)26-6-8-27(9-7-26)48(45,46)33(20-38-12-13-40-33)11-10-28-30(37)18-39-19-31(28)41-32(42)17-29(21-2-4-23(34)5-3-21)22-14-24(35)16-25(36)15-22/h2-9,14-16,18-19,29,38,40H,10-13,17,20H2,1H3,(H,41,42)/t29-,33-/m0/s1. The van der Waals surface area contributed by atoms with Crippen LogP contribution >= 0.6 is 0 Å². The van der Waals surface area contributed by atoms with Crippen LogP contribution in [0.1, 0.15) is 35.4 Å². The van der Waals surface area contributed by atoms with E-state index in [0.717, 1.165) is 36.7 Å². The number of carbonyl (C=O) groups excluding carboxylic acids is 1. The highest BCUT2D eigenvalue weighted by molar-refractivity contribution is 7.93. The number of carbonyl (C=O) groups is 1. The summed E-state index contributed by atoms with van der Waals surface area (Å²) in [4.78, 5) is 15.4. The maximum absolute atomic E-state index is 15.3. The van der Waals surface area contributed by atoms with Crippen molar-refractivity contribution >= 4 is 31.3 Å². The first kappa shape index (κ1) is 35.1. The fourth-order valence-electron chi connectivity index (χ4n) is 5.76. The zero-order valence-corrected chi connectivity index (χ0v) is 27.3. The topological polar surface area (TPSA) is 134 Å². The third-order valence-electron chi connectivity index (χ3n) is 8.24. The van der Waals surface area contributed by atoms with Crippen molar-refractivity contribution in [3.8, 4) is 0 Å². The number of hydrogen-bond acceptors (Lipinski definition) is 8. The van der Waals surface area contributed by atoms with Gasteiger partial charge in [0.1, 0.15) is 28.1 Å². The van der Waals surface area contributed by atoms with Crippen LogP contribution in [0.2, 0.25) is 0 Å². The van der Waals surface area contributed by atoms with Gasteiger partial charge in [0, 0.05) is 49.9 Å². The molecule has 2 atom stereocenters. The van der Waals surface area contributed by atoms with E-state index in [1.807, 2.05) is 0 Å². The molecule has 0 spiro atoms. The molecule has 0 bridgehead atoms. The summed E-state index contributed by atoms with van der Waals surface area (Å²) in [6.07, 6.45) is 2.46. The van der Waals surface area contributed by atoms with Crippen LogP contribution in [0.5, 0.6) is 0 Å². The first-order valence-electron chi connectivity index (χ1n) is 14.8. The number of benzene rings is 3. The predicted octanol–water partition coefficient (Wildman–Crippen LogP) is 4.50. The summed E-state index contributed by atoms with van der Waals surface area (Å²) >= 11 is 0. The SMILES string of the molecule is CS(=O)(=O)c1ccc(S(=O)(=O)[C@@]2(CCc3c(F)cncc3NC(=O)C[C@@H](c3ccc(F)cc3)c3cc(F)cc(F)c3)CNCCN2)cc1. The molecule has 5 rings (SSSR count). The molecule has 3 aromatic carbocycles. The molecule has 15 heteroatoms. The number of hydrogen-bond donors (Lipinski definition) is 3. The van der Waals surface area contributed by atoms with Gasteiger partial charge < -0.3 is 10.6 Å². The summed E-state index contributed by atoms with van der Waals surface area (Å²) in [5, 5.41) is 8.73. The highest BCUT2D eigenvalue weighted by Gasteiger charge is 2.45. The Labute approximate surface area is 275 Å². The summed E-state index contributed by atoms with van der Waals surface area (Å²) in [5.41, 5.74) is 0.473. The number of amides is 1. The van der Waals surface area contributed by atoms with Crippen molar-refractivity contribution in [2.75, 3.05) is 31.2 Å². The first-order chi connectivity index (χ1) is 22.7. The van der Waals surface area contributed by atoms with Crippen LogP contribution in [0.3, 0.4) is 0 Å². The van der Waals surface area contributed by atoms with Crippen LogP contribution in [0.15, 0.2) is 88.9 Å². The van der Waals surface area contributed by atoms with Gasteiger partial charge in [-0.15, -0.1) is 0 Å². The Bertz CT molecular complexity index is 2000.